The molecule has 0 atom stereocenters. The summed E-state index contributed by atoms with van der Waals surface area (Å²) >= 11 is 0. The third kappa shape index (κ3) is 4.23. The normalized spacial score (nSPS) is 10.8. The Kier molecular flexibility index (Phi) is 6.56. The van der Waals surface area contributed by atoms with Crippen LogP contribution in [-0.4, -0.2) is 10.5 Å². The smallest absolute Gasteiger partial charge is 0.261 e. The lowest BCUT2D eigenvalue weighted by molar-refractivity contribution is 0.102. The van der Waals surface area contributed by atoms with Gasteiger partial charge in [0.05, 0.1) is 0 Å². The molecule has 0 aliphatic rings. The Morgan fingerprint density at radius 3 is 2.30 bits per heavy atom. The lowest BCUT2D eigenvalue weighted by atomic mass is 10.0. The zero-order valence-corrected chi connectivity index (χ0v) is 18.5. The van der Waals surface area contributed by atoms with Gasteiger partial charge in [-0.1, -0.05) is 55.5 Å². The first-order valence-electron chi connectivity index (χ1n) is 10.5. The molecule has 0 saturated heterocycles. The predicted molar refractivity (Wildman–Crippen MR) is 124 cm³/mol. The molecule has 4 heteroatoms. The Balaban J connectivity index is 1.99. The molecule has 1 aromatic heterocycles. The van der Waals surface area contributed by atoms with Crippen molar-refractivity contribution in [2.45, 2.75) is 54.0 Å². The molecule has 0 unspecified atom stereocenters. The molecule has 0 fully saturated rings. The summed E-state index contributed by atoms with van der Waals surface area (Å²) < 4.78 is 2.09. The summed E-state index contributed by atoms with van der Waals surface area (Å²) in [4.78, 5) is 26.3. The van der Waals surface area contributed by atoms with E-state index in [-0.39, 0.29) is 16.9 Å². The van der Waals surface area contributed by atoms with Crippen LogP contribution in [0.5, 0.6) is 0 Å². The Bertz CT molecular complexity index is 1130. The van der Waals surface area contributed by atoms with E-state index in [9.17, 15) is 9.59 Å². The molecule has 3 aromatic rings. The van der Waals surface area contributed by atoms with Crippen LogP contribution in [0.4, 0.5) is 5.69 Å². The number of nitrogens with one attached hydrogen (secondary N) is 1. The summed E-state index contributed by atoms with van der Waals surface area (Å²) in [6, 6.07) is 16.2. The van der Waals surface area contributed by atoms with Gasteiger partial charge in [-0.2, -0.15) is 0 Å². The van der Waals surface area contributed by atoms with Crippen molar-refractivity contribution in [3.63, 3.8) is 0 Å². The van der Waals surface area contributed by atoms with Crippen molar-refractivity contribution in [1.29, 1.82) is 0 Å². The number of aryl methyl sites for hydroxylation is 3. The molecule has 0 aliphatic carbocycles. The zero-order chi connectivity index (χ0) is 21.8. The first kappa shape index (κ1) is 21.6. The van der Waals surface area contributed by atoms with E-state index in [2.05, 4.69) is 28.9 Å². The summed E-state index contributed by atoms with van der Waals surface area (Å²) in [6.45, 7) is 10.4. The molecule has 2 aromatic carbocycles. The fourth-order valence-electron chi connectivity index (χ4n) is 3.97. The highest BCUT2D eigenvalue weighted by Crippen LogP contribution is 2.22. The highest BCUT2D eigenvalue weighted by molar-refractivity contribution is 6.05. The van der Waals surface area contributed by atoms with Gasteiger partial charge in [-0.15, -0.1) is 0 Å². The molecule has 1 N–H and O–H groups in total. The number of carbonyl (C=O) groups is 1. The van der Waals surface area contributed by atoms with Crippen molar-refractivity contribution in [1.82, 2.24) is 4.57 Å². The standard InChI is InChI=1S/C26H30N2O2/c1-6-22-14-10-11-17(2)24(22)27-26(30)23-20(5)28(19(4)18(3)25(23)29)16-15-21-12-8-7-9-13-21/h7-14H,6,15-16H2,1-5H3,(H,27,30). The molecule has 4 nitrogen and oxygen atoms in total. The molecule has 1 amide bonds. The fraction of sp³-hybridized carbons (Fsp3) is 0.308. The maximum atomic E-state index is 13.2. The van der Waals surface area contributed by atoms with Gasteiger partial charge in [0.15, 0.2) is 5.43 Å². The average molecular weight is 403 g/mol. The van der Waals surface area contributed by atoms with E-state index in [4.69, 9.17) is 0 Å². The first-order chi connectivity index (χ1) is 14.3. The van der Waals surface area contributed by atoms with E-state index < -0.39 is 0 Å². The minimum absolute atomic E-state index is 0.190. The van der Waals surface area contributed by atoms with Crippen molar-refractivity contribution in [2.75, 3.05) is 5.32 Å². The number of hydrogen-bond donors (Lipinski definition) is 1. The molecule has 30 heavy (non-hydrogen) atoms. The van der Waals surface area contributed by atoms with Gasteiger partial charge in [-0.3, -0.25) is 9.59 Å². The van der Waals surface area contributed by atoms with E-state index in [1.165, 1.54) is 5.56 Å². The Morgan fingerprint density at radius 1 is 0.933 bits per heavy atom. The summed E-state index contributed by atoms with van der Waals surface area (Å²) in [5.41, 5.74) is 6.38. The van der Waals surface area contributed by atoms with Gasteiger partial charge in [0, 0.05) is 29.2 Å². The second-order valence-corrected chi connectivity index (χ2v) is 7.80. The number of anilines is 1. The molecule has 0 radical (unpaired) electrons. The average Bonchev–Trinajstić information content (AvgIpc) is 2.74. The van der Waals surface area contributed by atoms with Crippen LogP contribution in [0.2, 0.25) is 0 Å². The van der Waals surface area contributed by atoms with Crippen LogP contribution in [-0.2, 0) is 19.4 Å². The number of aromatic nitrogens is 1. The Morgan fingerprint density at radius 2 is 1.63 bits per heavy atom. The van der Waals surface area contributed by atoms with Crippen LogP contribution in [0, 0.1) is 27.7 Å². The van der Waals surface area contributed by atoms with Crippen molar-refractivity contribution in [2.24, 2.45) is 0 Å². The number of hydrogen-bond acceptors (Lipinski definition) is 2. The quantitative estimate of drug-likeness (QED) is 0.621. The van der Waals surface area contributed by atoms with Crippen molar-refractivity contribution in [3.8, 4) is 0 Å². The molecule has 0 bridgehead atoms. The topological polar surface area (TPSA) is 51.1 Å². The van der Waals surface area contributed by atoms with Gasteiger partial charge in [0.1, 0.15) is 5.56 Å². The van der Waals surface area contributed by atoms with Crippen LogP contribution in [0.1, 0.15) is 50.9 Å². The SMILES string of the molecule is CCc1cccc(C)c1NC(=O)c1c(C)n(CCc2ccccc2)c(C)c(C)c1=O. The number of rotatable bonds is 6. The van der Waals surface area contributed by atoms with Gasteiger partial charge >= 0.3 is 0 Å². The van der Waals surface area contributed by atoms with E-state index in [1.807, 2.05) is 57.2 Å². The molecular formula is C26H30N2O2. The van der Waals surface area contributed by atoms with Gasteiger partial charge in [-0.05, 0) is 57.2 Å². The summed E-state index contributed by atoms with van der Waals surface area (Å²) in [5, 5.41) is 3.02. The molecule has 0 saturated carbocycles. The molecule has 0 aliphatic heterocycles. The van der Waals surface area contributed by atoms with Crippen molar-refractivity contribution >= 4 is 11.6 Å². The second kappa shape index (κ2) is 9.12. The first-order valence-corrected chi connectivity index (χ1v) is 10.5. The fourth-order valence-corrected chi connectivity index (χ4v) is 3.97. The highest BCUT2D eigenvalue weighted by atomic mass is 16.2. The van der Waals surface area contributed by atoms with Crippen molar-refractivity contribution < 1.29 is 4.79 Å². The summed E-state index contributed by atoms with van der Waals surface area (Å²) in [5.74, 6) is -0.335. The maximum absolute atomic E-state index is 13.2. The number of para-hydroxylation sites is 1. The van der Waals surface area contributed by atoms with Gasteiger partial charge in [-0.25, -0.2) is 0 Å². The predicted octanol–water partition coefficient (Wildman–Crippen LogP) is 5.14. The minimum atomic E-state index is -0.335. The van der Waals surface area contributed by atoms with Crippen LogP contribution in [0.3, 0.4) is 0 Å². The van der Waals surface area contributed by atoms with Crippen molar-refractivity contribution in [3.05, 3.63) is 98.0 Å². The number of amides is 1. The van der Waals surface area contributed by atoms with Crippen LogP contribution < -0.4 is 10.7 Å². The minimum Gasteiger partial charge on any atom is -0.347 e. The molecule has 3 rings (SSSR count). The van der Waals surface area contributed by atoms with E-state index in [1.54, 1.807) is 6.92 Å². The number of nitrogens with zero attached hydrogens (tertiary/aromatic N) is 1. The largest absolute Gasteiger partial charge is 0.347 e. The number of carbonyl (C=O) groups excluding carboxylic acids is 1. The van der Waals surface area contributed by atoms with Crippen LogP contribution >= 0.6 is 0 Å². The van der Waals surface area contributed by atoms with E-state index in [0.717, 1.165) is 35.3 Å². The van der Waals surface area contributed by atoms with Crippen LogP contribution in [0.25, 0.3) is 0 Å². The van der Waals surface area contributed by atoms with Crippen LogP contribution in [0.15, 0.2) is 53.3 Å². The highest BCUT2D eigenvalue weighted by Gasteiger charge is 2.21. The Hall–Kier alpha value is -3.14. The third-order valence-electron chi connectivity index (χ3n) is 5.95. The van der Waals surface area contributed by atoms with E-state index in [0.29, 0.717) is 17.8 Å². The number of benzene rings is 2. The lowest BCUT2D eigenvalue weighted by Gasteiger charge is -2.20. The third-order valence-corrected chi connectivity index (χ3v) is 5.95. The monoisotopic (exact) mass is 402 g/mol. The molecular weight excluding hydrogens is 372 g/mol. The molecule has 1 heterocycles. The summed E-state index contributed by atoms with van der Waals surface area (Å²) in [7, 11) is 0. The van der Waals surface area contributed by atoms with Gasteiger partial charge in [0.2, 0.25) is 0 Å². The van der Waals surface area contributed by atoms with Gasteiger partial charge in [0.25, 0.3) is 5.91 Å². The Labute approximate surface area is 178 Å². The zero-order valence-electron chi connectivity index (χ0n) is 18.5. The summed E-state index contributed by atoms with van der Waals surface area (Å²) in [6.07, 6.45) is 1.65. The number of pyridine rings is 1. The van der Waals surface area contributed by atoms with Gasteiger partial charge < -0.3 is 9.88 Å². The maximum Gasteiger partial charge on any atom is 0.261 e. The lowest BCUT2D eigenvalue weighted by Crippen LogP contribution is -2.30. The van der Waals surface area contributed by atoms with E-state index >= 15 is 0 Å². The second-order valence-electron chi connectivity index (χ2n) is 7.80. The molecule has 0 spiro atoms. The molecule has 156 valence electrons.